The molecule has 2 aliphatic carbocycles. The van der Waals surface area contributed by atoms with Crippen LogP contribution >= 0.6 is 0 Å². The quantitative estimate of drug-likeness (QED) is 0.140. The maximum Gasteiger partial charge on any atom is 0.340 e. The van der Waals surface area contributed by atoms with Crippen molar-refractivity contribution in [1.82, 2.24) is 9.97 Å². The van der Waals surface area contributed by atoms with E-state index in [1.54, 1.807) is 36.7 Å². The van der Waals surface area contributed by atoms with Gasteiger partial charge in [-0.15, -0.1) is 0 Å². The highest BCUT2D eigenvalue weighted by molar-refractivity contribution is 5.89. The van der Waals surface area contributed by atoms with Crippen LogP contribution in [0.25, 0.3) is 0 Å². The van der Waals surface area contributed by atoms with Crippen molar-refractivity contribution in [2.24, 2.45) is 11.3 Å². The fourth-order valence-corrected chi connectivity index (χ4v) is 7.07. The van der Waals surface area contributed by atoms with Gasteiger partial charge in [0, 0.05) is 43.5 Å². The lowest BCUT2D eigenvalue weighted by molar-refractivity contribution is -0.153. The van der Waals surface area contributed by atoms with Gasteiger partial charge in [-0.25, -0.2) is 9.59 Å². The molecule has 2 aromatic heterocycles. The number of hydrogen-bond acceptors (Lipinski definition) is 9. The van der Waals surface area contributed by atoms with Gasteiger partial charge >= 0.3 is 17.9 Å². The van der Waals surface area contributed by atoms with Gasteiger partial charge in [0.25, 0.3) is 0 Å². The van der Waals surface area contributed by atoms with E-state index in [-0.39, 0.29) is 25.1 Å². The first kappa shape index (κ1) is 32.5. The van der Waals surface area contributed by atoms with Crippen LogP contribution in [0.1, 0.15) is 100 Å². The zero-order chi connectivity index (χ0) is 32.2. The van der Waals surface area contributed by atoms with Gasteiger partial charge in [0.15, 0.2) is 0 Å². The molecule has 9 heteroatoms. The largest absolute Gasteiger partial charge is 0.465 e. The summed E-state index contributed by atoms with van der Waals surface area (Å²) in [7, 11) is 0. The van der Waals surface area contributed by atoms with Crippen molar-refractivity contribution >= 4 is 17.9 Å². The molecule has 1 aliphatic heterocycles. The molecular weight excluding hydrogens is 572 g/mol. The van der Waals surface area contributed by atoms with Crippen molar-refractivity contribution in [3.8, 4) is 0 Å². The summed E-state index contributed by atoms with van der Waals surface area (Å²) >= 11 is 0. The Morgan fingerprint density at radius 1 is 1.00 bits per heavy atom. The summed E-state index contributed by atoms with van der Waals surface area (Å²) in [4.78, 5) is 48.5. The van der Waals surface area contributed by atoms with Gasteiger partial charge in [-0.3, -0.25) is 14.8 Å². The van der Waals surface area contributed by atoms with E-state index >= 15 is 0 Å². The van der Waals surface area contributed by atoms with E-state index in [9.17, 15) is 14.4 Å². The minimum Gasteiger partial charge on any atom is -0.465 e. The number of pyridine rings is 2. The number of carbonyl (C=O) groups is 3. The molecule has 0 amide bonds. The predicted octanol–water partition coefficient (Wildman–Crippen LogP) is 6.59. The molecule has 3 heterocycles. The first-order valence-corrected chi connectivity index (χ1v) is 16.0. The number of ether oxygens (including phenoxy) is 4. The number of carbonyl (C=O) groups excluding carboxylic acids is 3. The molecule has 45 heavy (non-hydrogen) atoms. The Morgan fingerprint density at radius 2 is 1.67 bits per heavy atom. The molecular formula is C36H44N2O7. The maximum absolute atomic E-state index is 13.7. The molecule has 9 nitrogen and oxygen atoms in total. The second-order valence-electron chi connectivity index (χ2n) is 13.1. The first-order valence-electron chi connectivity index (χ1n) is 16.0. The molecule has 0 radical (unpaired) electrons. The molecule has 5 rings (SSSR count). The third-order valence-corrected chi connectivity index (χ3v) is 9.56. The Hall–Kier alpha value is -3.85. The third kappa shape index (κ3) is 7.19. The van der Waals surface area contributed by atoms with Crippen LogP contribution in [0.4, 0.5) is 0 Å². The number of allylic oxidation sites excluding steroid dienone is 2. The van der Waals surface area contributed by atoms with Crippen LogP contribution in [0.2, 0.25) is 0 Å². The van der Waals surface area contributed by atoms with Gasteiger partial charge in [0.1, 0.15) is 18.8 Å². The normalized spacial score (nSPS) is 30.4. The van der Waals surface area contributed by atoms with Crippen LogP contribution in [-0.4, -0.2) is 58.4 Å². The van der Waals surface area contributed by atoms with Crippen LogP contribution in [0.15, 0.2) is 71.8 Å². The number of epoxide rings is 1. The lowest BCUT2D eigenvalue weighted by Gasteiger charge is -2.43. The van der Waals surface area contributed by atoms with Gasteiger partial charge < -0.3 is 18.9 Å². The van der Waals surface area contributed by atoms with E-state index < -0.39 is 41.1 Å². The number of fused-ring (bicyclic) bond motifs is 2. The summed E-state index contributed by atoms with van der Waals surface area (Å²) in [5.41, 5.74) is 2.51. The highest BCUT2D eigenvalue weighted by atomic mass is 16.6. The standard InChI is InChI=1S/C36H44N2O7/c1-6-9-31(39)42-22-36-15-14-27(23(2)3)32(36)28(43-33(40)25-10-7-16-37-20-25)19-35(5)29(45-35)13-12-24(4)18-30(36)44-34(41)26-11-8-17-38-21-26/h7-8,10-11,16-18,20-21,28-30,32H,6,9,12-15,19,22H2,1-5H3/b24-18+/t28?,29-,30+,32-,35+,36+/m1/s1. The SMILES string of the molecule is CCCC(=O)OC[C@]12CCC(=C(C)C)[C@@H]1C(OC(=O)c1cccnc1)C[C@]1(C)O[C@@H]1CC/C(C)=C/[C@@H]2OC(=O)c1cccnc1. The minimum absolute atomic E-state index is 0.00303. The van der Waals surface area contributed by atoms with Crippen LogP contribution in [0.5, 0.6) is 0 Å². The van der Waals surface area contributed by atoms with Gasteiger partial charge in [0.05, 0.1) is 28.2 Å². The molecule has 0 bridgehead atoms. The van der Waals surface area contributed by atoms with Crippen LogP contribution in [-0.2, 0) is 23.7 Å². The number of rotatable bonds is 8. The van der Waals surface area contributed by atoms with Crippen molar-refractivity contribution in [2.75, 3.05) is 6.61 Å². The van der Waals surface area contributed by atoms with Gasteiger partial charge in [-0.2, -0.15) is 0 Å². The number of aromatic nitrogens is 2. The highest BCUT2D eigenvalue weighted by Crippen LogP contribution is 2.57. The predicted molar refractivity (Wildman–Crippen MR) is 167 cm³/mol. The molecule has 1 saturated heterocycles. The van der Waals surface area contributed by atoms with Crippen LogP contribution in [0.3, 0.4) is 0 Å². The van der Waals surface area contributed by atoms with Crippen molar-refractivity contribution < 1.29 is 33.3 Å². The first-order chi connectivity index (χ1) is 21.6. The molecule has 1 unspecified atom stereocenters. The molecule has 6 atom stereocenters. The van der Waals surface area contributed by atoms with E-state index in [2.05, 4.69) is 30.7 Å². The summed E-state index contributed by atoms with van der Waals surface area (Å²) in [6.07, 6.45) is 10.9. The monoisotopic (exact) mass is 616 g/mol. The average Bonchev–Trinajstić information content (AvgIpc) is 3.50. The molecule has 1 saturated carbocycles. The van der Waals surface area contributed by atoms with Crippen molar-refractivity contribution in [3.05, 3.63) is 83.0 Å². The molecule has 0 spiro atoms. The maximum atomic E-state index is 13.7. The molecule has 2 fully saturated rings. The zero-order valence-electron chi connectivity index (χ0n) is 26.9. The zero-order valence-corrected chi connectivity index (χ0v) is 26.9. The number of esters is 3. The Morgan fingerprint density at radius 3 is 2.27 bits per heavy atom. The summed E-state index contributed by atoms with van der Waals surface area (Å²) in [6.45, 7) is 10.1. The summed E-state index contributed by atoms with van der Waals surface area (Å²) in [5.74, 6) is -1.74. The summed E-state index contributed by atoms with van der Waals surface area (Å²) < 4.78 is 25.2. The van der Waals surface area contributed by atoms with Crippen molar-refractivity contribution in [3.63, 3.8) is 0 Å². The molecule has 240 valence electrons. The molecule has 0 N–H and O–H groups in total. The minimum atomic E-state index is -0.917. The van der Waals surface area contributed by atoms with E-state index in [0.29, 0.717) is 36.8 Å². The van der Waals surface area contributed by atoms with E-state index in [1.807, 2.05) is 19.9 Å². The van der Waals surface area contributed by atoms with Gasteiger partial charge in [-0.05, 0) is 90.1 Å². The Kier molecular flexibility index (Phi) is 9.87. The third-order valence-electron chi connectivity index (χ3n) is 9.56. The Balaban J connectivity index is 1.66. The Labute approximate surface area is 265 Å². The van der Waals surface area contributed by atoms with Crippen LogP contribution < -0.4 is 0 Å². The summed E-state index contributed by atoms with van der Waals surface area (Å²) in [6, 6.07) is 6.74. The van der Waals surface area contributed by atoms with Gasteiger partial charge in [0.2, 0.25) is 0 Å². The van der Waals surface area contributed by atoms with Crippen molar-refractivity contribution in [1.29, 1.82) is 0 Å². The number of hydrogen-bond donors (Lipinski definition) is 0. The highest BCUT2D eigenvalue weighted by Gasteiger charge is 2.61. The topological polar surface area (TPSA) is 117 Å². The van der Waals surface area contributed by atoms with E-state index in [0.717, 1.165) is 29.6 Å². The average molecular weight is 617 g/mol. The summed E-state index contributed by atoms with van der Waals surface area (Å²) in [5, 5.41) is 0. The second kappa shape index (κ2) is 13.6. The smallest absolute Gasteiger partial charge is 0.340 e. The van der Waals surface area contributed by atoms with Crippen LogP contribution in [0, 0.1) is 11.3 Å². The lowest BCUT2D eigenvalue weighted by Crippen LogP contribution is -2.50. The Bertz CT molecular complexity index is 1450. The molecule has 0 aromatic carbocycles. The van der Waals surface area contributed by atoms with Crippen molar-refractivity contribution in [2.45, 2.75) is 103 Å². The van der Waals surface area contributed by atoms with Gasteiger partial charge in [-0.1, -0.05) is 23.6 Å². The number of nitrogens with zero attached hydrogens (tertiary/aromatic N) is 2. The van der Waals surface area contributed by atoms with E-state index in [4.69, 9.17) is 18.9 Å². The fraction of sp³-hybridized carbons (Fsp3) is 0.528. The molecule has 2 aromatic rings. The van der Waals surface area contributed by atoms with E-state index in [1.165, 1.54) is 12.4 Å². The molecule has 3 aliphatic rings. The fourth-order valence-electron chi connectivity index (χ4n) is 7.07. The second-order valence-corrected chi connectivity index (χ2v) is 13.1. The lowest BCUT2D eigenvalue weighted by atomic mass is 9.68.